The summed E-state index contributed by atoms with van der Waals surface area (Å²) in [5.74, 6) is -0.698. The van der Waals surface area contributed by atoms with Gasteiger partial charge in [-0.1, -0.05) is 41.9 Å². The third-order valence-corrected chi connectivity index (χ3v) is 6.87. The van der Waals surface area contributed by atoms with E-state index in [1.165, 1.54) is 10.6 Å². The number of nitrogens with zero attached hydrogens (tertiary/aromatic N) is 1. The molecule has 2 amide bonds. The first kappa shape index (κ1) is 28.7. The number of carbonyl (C=O) groups excluding carboxylic acids is 2. The summed E-state index contributed by atoms with van der Waals surface area (Å²) in [4.78, 5) is 37.5. The molecule has 202 valence electrons. The van der Waals surface area contributed by atoms with E-state index in [2.05, 4.69) is 15.4 Å². The number of pyridine rings is 1. The number of carbonyl (C=O) groups is 2. The molecule has 0 spiro atoms. The topological polar surface area (TPSA) is 136 Å². The monoisotopic (exact) mass is 560 g/mol. The summed E-state index contributed by atoms with van der Waals surface area (Å²) in [6.45, 7) is 3.40. The van der Waals surface area contributed by atoms with Gasteiger partial charge < -0.3 is 19.9 Å². The predicted molar refractivity (Wildman–Crippen MR) is 146 cm³/mol. The maximum absolute atomic E-state index is 13.0. The number of ether oxygens (including phenoxy) is 1. The molecule has 0 atom stereocenters. The Kier molecular flexibility index (Phi) is 9.91. The molecule has 3 aromatic rings. The number of nitrogens with one attached hydrogen (secondary N) is 3. The fourth-order valence-electron chi connectivity index (χ4n) is 3.55. The molecule has 3 rings (SSSR count). The van der Waals surface area contributed by atoms with Gasteiger partial charge in [0.25, 0.3) is 11.5 Å². The van der Waals surface area contributed by atoms with Crippen LogP contribution < -0.4 is 25.7 Å². The highest BCUT2D eigenvalue weighted by Crippen LogP contribution is 2.23. The summed E-state index contributed by atoms with van der Waals surface area (Å²) in [5, 5.41) is 5.76. The first-order valence-electron chi connectivity index (χ1n) is 11.8. The number of aryl methyl sites for hydroxylation is 1. The molecular weight excluding hydrogens is 532 g/mol. The van der Waals surface area contributed by atoms with E-state index >= 15 is 0 Å². The van der Waals surface area contributed by atoms with Gasteiger partial charge in [-0.05, 0) is 49.7 Å². The Balaban J connectivity index is 1.68. The number of aromatic nitrogens is 1. The fourth-order valence-corrected chi connectivity index (χ4v) is 4.94. The number of amides is 2. The number of hydrogen-bond acceptors (Lipinski definition) is 6. The first-order chi connectivity index (χ1) is 18.1. The highest BCUT2D eigenvalue weighted by molar-refractivity contribution is 7.91. The van der Waals surface area contributed by atoms with Gasteiger partial charge in [-0.25, -0.2) is 8.42 Å². The molecule has 0 bridgehead atoms. The van der Waals surface area contributed by atoms with Gasteiger partial charge in [0.2, 0.25) is 15.9 Å². The third kappa shape index (κ3) is 8.35. The molecule has 12 heteroatoms. The molecule has 3 N–H and O–H groups in total. The highest BCUT2D eigenvalue weighted by atomic mass is 35.5. The minimum Gasteiger partial charge on any atom is -0.483 e. The minimum absolute atomic E-state index is 0.0291. The van der Waals surface area contributed by atoms with Crippen molar-refractivity contribution in [3.05, 3.63) is 92.9 Å². The largest absolute Gasteiger partial charge is 0.483 e. The van der Waals surface area contributed by atoms with E-state index in [0.29, 0.717) is 34.1 Å². The van der Waals surface area contributed by atoms with Gasteiger partial charge in [0.1, 0.15) is 18.0 Å². The highest BCUT2D eigenvalue weighted by Gasteiger charge is 2.17. The quantitative estimate of drug-likeness (QED) is 0.311. The standard InChI is InChI=1S/C26H29ClN4O6S/c1-3-28-25(33)16-37-23-12-10-21(27)13-20(23)14-29-24(32)15-31-18(2)9-11-22(26(31)34)30-38(35,36)17-19-7-5-4-6-8-19/h4-13,30H,3,14-17H2,1-2H3,(H,28,33)(H,29,32). The second-order valence-electron chi connectivity index (χ2n) is 8.40. The van der Waals surface area contributed by atoms with Crippen LogP contribution in [0, 0.1) is 6.92 Å². The van der Waals surface area contributed by atoms with Gasteiger partial charge in [0.15, 0.2) is 6.61 Å². The summed E-state index contributed by atoms with van der Waals surface area (Å²) in [7, 11) is -3.86. The summed E-state index contributed by atoms with van der Waals surface area (Å²) >= 11 is 6.09. The van der Waals surface area contributed by atoms with Crippen LogP contribution in [0.15, 0.2) is 65.5 Å². The van der Waals surface area contributed by atoms with Crippen LogP contribution in [0.2, 0.25) is 5.02 Å². The average molecular weight is 561 g/mol. The van der Waals surface area contributed by atoms with Gasteiger partial charge in [-0.2, -0.15) is 0 Å². The number of sulfonamides is 1. The number of hydrogen-bond donors (Lipinski definition) is 3. The van der Waals surface area contributed by atoms with E-state index in [1.807, 2.05) is 0 Å². The van der Waals surface area contributed by atoms with E-state index in [1.54, 1.807) is 68.4 Å². The average Bonchev–Trinajstić information content (AvgIpc) is 2.87. The summed E-state index contributed by atoms with van der Waals surface area (Å²) in [6, 6.07) is 16.3. The minimum atomic E-state index is -3.86. The number of benzene rings is 2. The maximum Gasteiger partial charge on any atom is 0.275 e. The molecule has 0 saturated carbocycles. The maximum atomic E-state index is 13.0. The van der Waals surface area contributed by atoms with Crippen LogP contribution in [0.4, 0.5) is 5.69 Å². The normalized spacial score (nSPS) is 11.0. The zero-order valence-corrected chi connectivity index (χ0v) is 22.6. The summed E-state index contributed by atoms with van der Waals surface area (Å²) < 4.78 is 34.3. The van der Waals surface area contributed by atoms with Gasteiger partial charge >= 0.3 is 0 Å². The molecule has 38 heavy (non-hydrogen) atoms. The van der Waals surface area contributed by atoms with Gasteiger partial charge in [0.05, 0.1) is 5.75 Å². The Morgan fingerprint density at radius 3 is 2.45 bits per heavy atom. The molecule has 0 aliphatic carbocycles. The zero-order valence-electron chi connectivity index (χ0n) is 21.0. The molecular formula is C26H29ClN4O6S. The van der Waals surface area contributed by atoms with Crippen LogP contribution in [0.25, 0.3) is 0 Å². The number of likely N-dealkylation sites (N-methyl/N-ethyl adjacent to an activating group) is 1. The lowest BCUT2D eigenvalue weighted by atomic mass is 10.2. The van der Waals surface area contributed by atoms with Crippen molar-refractivity contribution in [1.82, 2.24) is 15.2 Å². The van der Waals surface area contributed by atoms with E-state index in [-0.39, 0.29) is 37.0 Å². The Labute approximate surface area is 226 Å². The molecule has 0 fully saturated rings. The molecule has 0 aliphatic heterocycles. The zero-order chi connectivity index (χ0) is 27.7. The van der Waals surface area contributed by atoms with Crippen LogP contribution in [0.5, 0.6) is 5.75 Å². The fraction of sp³-hybridized carbons (Fsp3) is 0.269. The lowest BCUT2D eigenvalue weighted by Gasteiger charge is -2.15. The molecule has 1 aromatic heterocycles. The van der Waals surface area contributed by atoms with Crippen molar-refractivity contribution in [2.75, 3.05) is 17.9 Å². The van der Waals surface area contributed by atoms with Gasteiger partial charge in [-0.3, -0.25) is 19.1 Å². The Morgan fingerprint density at radius 2 is 1.74 bits per heavy atom. The van der Waals surface area contributed by atoms with Crippen LogP contribution in [0.1, 0.15) is 23.7 Å². The second-order valence-corrected chi connectivity index (χ2v) is 10.6. The van der Waals surface area contributed by atoms with Gasteiger partial charge in [0, 0.05) is 29.4 Å². The van der Waals surface area contributed by atoms with Crippen molar-refractivity contribution < 1.29 is 22.7 Å². The lowest BCUT2D eigenvalue weighted by Crippen LogP contribution is -2.34. The summed E-state index contributed by atoms with van der Waals surface area (Å²) in [6.07, 6.45) is 0. The summed E-state index contributed by atoms with van der Waals surface area (Å²) in [5.41, 5.74) is 0.786. The number of halogens is 1. The Hall–Kier alpha value is -3.83. The SMILES string of the molecule is CCNC(=O)COc1ccc(Cl)cc1CNC(=O)Cn1c(C)ccc(NS(=O)(=O)Cc2ccccc2)c1=O. The van der Waals surface area contributed by atoms with Crippen molar-refractivity contribution in [2.45, 2.75) is 32.7 Å². The molecule has 0 aliphatic rings. The van der Waals surface area contributed by atoms with Crippen LogP contribution in [-0.2, 0) is 38.5 Å². The van der Waals surface area contributed by atoms with Crippen LogP contribution in [0.3, 0.4) is 0 Å². The molecule has 0 unspecified atom stereocenters. The Bertz CT molecular complexity index is 1460. The first-order valence-corrected chi connectivity index (χ1v) is 13.8. The van der Waals surface area contributed by atoms with Crippen LogP contribution in [-0.4, -0.2) is 38.0 Å². The van der Waals surface area contributed by atoms with Crippen LogP contribution >= 0.6 is 11.6 Å². The smallest absolute Gasteiger partial charge is 0.275 e. The molecule has 0 radical (unpaired) electrons. The number of anilines is 1. The van der Waals surface area contributed by atoms with E-state index in [9.17, 15) is 22.8 Å². The van der Waals surface area contributed by atoms with Crippen molar-refractivity contribution in [3.8, 4) is 5.75 Å². The van der Waals surface area contributed by atoms with E-state index < -0.39 is 21.5 Å². The predicted octanol–water partition coefficient (Wildman–Crippen LogP) is 2.58. The van der Waals surface area contributed by atoms with Crippen molar-refractivity contribution in [2.24, 2.45) is 0 Å². The lowest BCUT2D eigenvalue weighted by molar-refractivity contribution is -0.123. The van der Waals surface area contributed by atoms with E-state index in [0.717, 1.165) is 0 Å². The van der Waals surface area contributed by atoms with Crippen molar-refractivity contribution in [3.63, 3.8) is 0 Å². The van der Waals surface area contributed by atoms with E-state index in [4.69, 9.17) is 16.3 Å². The molecule has 1 heterocycles. The second kappa shape index (κ2) is 13.1. The Morgan fingerprint density at radius 1 is 1.00 bits per heavy atom. The van der Waals surface area contributed by atoms with Gasteiger partial charge in [-0.15, -0.1) is 0 Å². The number of rotatable bonds is 12. The van der Waals surface area contributed by atoms with Crippen molar-refractivity contribution in [1.29, 1.82) is 0 Å². The molecule has 2 aromatic carbocycles. The third-order valence-electron chi connectivity index (χ3n) is 5.39. The molecule has 10 nitrogen and oxygen atoms in total. The molecule has 0 saturated heterocycles. The van der Waals surface area contributed by atoms with Crippen molar-refractivity contribution >= 4 is 39.1 Å².